The van der Waals surface area contributed by atoms with Crippen molar-refractivity contribution in [3.63, 3.8) is 0 Å². The largest absolute Gasteiger partial charge is 0.315 e. The molecule has 0 aliphatic heterocycles. The van der Waals surface area contributed by atoms with Gasteiger partial charge in [-0.05, 0) is 118 Å². The maximum atomic E-state index is 2.49. The number of anilines is 2. The van der Waals surface area contributed by atoms with E-state index in [0.29, 0.717) is 5.92 Å². The highest BCUT2D eigenvalue weighted by Gasteiger charge is 2.43. The molecular formula is C52H42N2. The van der Waals surface area contributed by atoms with Gasteiger partial charge in [0.05, 0.1) is 11.0 Å². The van der Waals surface area contributed by atoms with E-state index < -0.39 is 0 Å². The van der Waals surface area contributed by atoms with Gasteiger partial charge in [-0.3, -0.25) is 0 Å². The van der Waals surface area contributed by atoms with Crippen molar-refractivity contribution in [3.8, 4) is 27.9 Å². The van der Waals surface area contributed by atoms with Gasteiger partial charge in [-0.25, -0.2) is 0 Å². The Morgan fingerprint density at radius 1 is 0.519 bits per heavy atom. The summed E-state index contributed by atoms with van der Waals surface area (Å²) >= 11 is 0. The molecule has 2 nitrogen and oxygen atoms in total. The molecule has 10 rings (SSSR count). The summed E-state index contributed by atoms with van der Waals surface area (Å²) < 4.78 is 2.40. The van der Waals surface area contributed by atoms with Gasteiger partial charge in [-0.15, -0.1) is 0 Å². The van der Waals surface area contributed by atoms with Crippen molar-refractivity contribution in [3.05, 3.63) is 205 Å². The van der Waals surface area contributed by atoms with Crippen LogP contribution in [0.4, 0.5) is 11.4 Å². The lowest BCUT2D eigenvalue weighted by molar-refractivity contribution is 0.409. The van der Waals surface area contributed by atoms with Crippen LogP contribution in [-0.2, 0) is 5.41 Å². The molecule has 1 aromatic heterocycles. The quantitative estimate of drug-likeness (QED) is 0.168. The van der Waals surface area contributed by atoms with Crippen LogP contribution in [0.15, 0.2) is 194 Å². The Hall–Kier alpha value is -6.38. The van der Waals surface area contributed by atoms with E-state index in [4.69, 9.17) is 0 Å². The molecule has 0 N–H and O–H groups in total. The summed E-state index contributed by atoms with van der Waals surface area (Å²) in [7, 11) is 0. The predicted molar refractivity (Wildman–Crippen MR) is 228 cm³/mol. The summed E-state index contributed by atoms with van der Waals surface area (Å²) in [5, 5.41) is 2.52. The third-order valence-electron chi connectivity index (χ3n) is 11.9. The molecule has 8 aromatic rings. The first kappa shape index (κ1) is 32.3. The third kappa shape index (κ3) is 5.32. The van der Waals surface area contributed by atoms with Crippen molar-refractivity contribution in [2.45, 2.75) is 32.1 Å². The second kappa shape index (κ2) is 12.9. The van der Waals surface area contributed by atoms with Crippen molar-refractivity contribution in [2.24, 2.45) is 5.92 Å². The maximum Gasteiger partial charge on any atom is 0.0541 e. The number of allylic oxidation sites excluding steroid dienone is 4. The van der Waals surface area contributed by atoms with Crippen LogP contribution in [-0.4, -0.2) is 4.57 Å². The van der Waals surface area contributed by atoms with E-state index >= 15 is 0 Å². The number of hydrogen-bond acceptors (Lipinski definition) is 1. The van der Waals surface area contributed by atoms with Crippen LogP contribution in [0.5, 0.6) is 0 Å². The first-order valence-electron chi connectivity index (χ1n) is 19.2. The minimum Gasteiger partial charge on any atom is -0.315 e. The smallest absolute Gasteiger partial charge is 0.0541 e. The molecule has 1 unspecified atom stereocenters. The Morgan fingerprint density at radius 2 is 1.11 bits per heavy atom. The number of aromatic nitrogens is 1. The first-order valence-corrected chi connectivity index (χ1v) is 19.2. The van der Waals surface area contributed by atoms with Crippen LogP contribution < -0.4 is 4.90 Å². The molecule has 2 aliphatic rings. The highest BCUT2D eigenvalue weighted by Crippen LogP contribution is 2.54. The Bertz CT molecular complexity index is 2710. The number of nitrogens with zero attached hydrogens (tertiary/aromatic N) is 2. The van der Waals surface area contributed by atoms with E-state index in [1.54, 1.807) is 0 Å². The average molecular weight is 695 g/mol. The number of hydrogen-bond donors (Lipinski definition) is 0. The van der Waals surface area contributed by atoms with E-state index in [1.165, 1.54) is 83.5 Å². The van der Waals surface area contributed by atoms with Gasteiger partial charge >= 0.3 is 0 Å². The molecule has 1 heterocycles. The predicted octanol–water partition coefficient (Wildman–Crippen LogP) is 13.9. The molecule has 0 radical (unpaired) electrons. The van der Waals surface area contributed by atoms with Gasteiger partial charge < -0.3 is 9.47 Å². The highest BCUT2D eigenvalue weighted by atomic mass is 15.1. The van der Waals surface area contributed by atoms with Crippen LogP contribution in [0, 0.1) is 5.92 Å². The molecule has 260 valence electrons. The third-order valence-corrected chi connectivity index (χ3v) is 11.9. The lowest BCUT2D eigenvalue weighted by Gasteiger charge is -2.34. The van der Waals surface area contributed by atoms with Gasteiger partial charge in [-0.2, -0.15) is 0 Å². The number of para-hydroxylation sites is 2. The Balaban J connectivity index is 0.999. The van der Waals surface area contributed by atoms with E-state index in [9.17, 15) is 0 Å². The molecule has 0 fully saturated rings. The molecular weight excluding hydrogens is 653 g/mol. The van der Waals surface area contributed by atoms with Crippen molar-refractivity contribution in [2.75, 3.05) is 4.90 Å². The number of fused-ring (bicyclic) bond motifs is 6. The second-order valence-electron chi connectivity index (χ2n) is 15.3. The molecule has 0 saturated heterocycles. The fourth-order valence-electron chi connectivity index (χ4n) is 9.20. The SMILES string of the molecule is CC1(C)c2ccccc2C2=CCC=C(N(c3ccccc3)c3ccc(-c4ccc5c(c4)c4ccccc4n5-c4ccc(-c5ccccc5)cc4)cc3)CC21. The molecule has 1 atom stereocenters. The zero-order chi connectivity index (χ0) is 36.2. The van der Waals surface area contributed by atoms with Crippen LogP contribution in [0.3, 0.4) is 0 Å². The normalized spacial score (nSPS) is 16.0. The fraction of sp³-hybridized carbons (Fsp3) is 0.115. The molecule has 2 aliphatic carbocycles. The zero-order valence-corrected chi connectivity index (χ0v) is 30.8. The van der Waals surface area contributed by atoms with Crippen molar-refractivity contribution in [1.82, 2.24) is 4.57 Å². The van der Waals surface area contributed by atoms with E-state index in [1.807, 2.05) is 0 Å². The van der Waals surface area contributed by atoms with Crippen LogP contribution >= 0.6 is 0 Å². The summed E-state index contributed by atoms with van der Waals surface area (Å²) in [4.78, 5) is 2.49. The summed E-state index contributed by atoms with van der Waals surface area (Å²) in [5.74, 6) is 0.421. The fourth-order valence-corrected chi connectivity index (χ4v) is 9.20. The van der Waals surface area contributed by atoms with Gasteiger partial charge in [0.1, 0.15) is 0 Å². The standard InChI is InChI=1S/C52H42N2/c1-52(2)48-22-11-9-19-44(48)45-21-13-18-43(35-49(45)52)53(40-16-7-4-8-17-40)41-29-26-38(27-30-41)39-28-33-51-47(34-39)46-20-10-12-23-50(46)54(51)42-31-24-37(25-32-42)36-14-5-3-6-15-36/h3-12,14-34,49H,13,35H2,1-2H3. The van der Waals surface area contributed by atoms with E-state index in [0.717, 1.165) is 12.8 Å². The number of benzene rings is 7. The second-order valence-corrected chi connectivity index (χ2v) is 15.3. The number of rotatable bonds is 6. The summed E-state index contributed by atoms with van der Waals surface area (Å²) in [6, 6.07) is 64.4. The van der Waals surface area contributed by atoms with Gasteiger partial charge in [0, 0.05) is 33.5 Å². The maximum absolute atomic E-state index is 2.49. The Kier molecular flexibility index (Phi) is 7.73. The van der Waals surface area contributed by atoms with E-state index in [-0.39, 0.29) is 5.41 Å². The van der Waals surface area contributed by atoms with Gasteiger partial charge in [0.15, 0.2) is 0 Å². The van der Waals surface area contributed by atoms with Crippen LogP contribution in [0.25, 0.3) is 55.3 Å². The molecule has 54 heavy (non-hydrogen) atoms. The van der Waals surface area contributed by atoms with Crippen LogP contribution in [0.2, 0.25) is 0 Å². The lowest BCUT2D eigenvalue weighted by Crippen LogP contribution is -2.27. The summed E-state index contributed by atoms with van der Waals surface area (Å²) in [6.45, 7) is 4.86. The molecule has 0 amide bonds. The highest BCUT2D eigenvalue weighted by molar-refractivity contribution is 6.10. The summed E-state index contributed by atoms with van der Waals surface area (Å²) in [6.07, 6.45) is 6.84. The van der Waals surface area contributed by atoms with Crippen LogP contribution in [0.1, 0.15) is 37.8 Å². The monoisotopic (exact) mass is 694 g/mol. The Labute approximate surface area is 318 Å². The zero-order valence-electron chi connectivity index (χ0n) is 30.8. The lowest BCUT2D eigenvalue weighted by atomic mass is 9.75. The van der Waals surface area contributed by atoms with Gasteiger partial charge in [0.25, 0.3) is 0 Å². The first-order chi connectivity index (χ1) is 26.5. The molecule has 2 heteroatoms. The molecule has 0 spiro atoms. The minimum atomic E-state index is 0.0610. The van der Waals surface area contributed by atoms with Crippen molar-refractivity contribution < 1.29 is 0 Å². The summed E-state index contributed by atoms with van der Waals surface area (Å²) in [5.41, 5.74) is 16.7. The Morgan fingerprint density at radius 3 is 1.91 bits per heavy atom. The minimum absolute atomic E-state index is 0.0610. The van der Waals surface area contributed by atoms with Crippen molar-refractivity contribution in [1.29, 1.82) is 0 Å². The topological polar surface area (TPSA) is 8.17 Å². The molecule has 0 bridgehead atoms. The molecule has 0 saturated carbocycles. The molecule has 7 aromatic carbocycles. The van der Waals surface area contributed by atoms with E-state index in [2.05, 4.69) is 211 Å². The van der Waals surface area contributed by atoms with Gasteiger partial charge in [0.2, 0.25) is 0 Å². The van der Waals surface area contributed by atoms with Gasteiger partial charge in [-0.1, -0.05) is 147 Å². The average Bonchev–Trinajstić information content (AvgIpc) is 3.53. The van der Waals surface area contributed by atoms with Crippen molar-refractivity contribution >= 4 is 38.8 Å².